The number of fused-ring (bicyclic) bond motifs is 1. The molecule has 0 bridgehead atoms. The van der Waals surface area contributed by atoms with Crippen molar-refractivity contribution in [1.82, 2.24) is 9.61 Å². The lowest BCUT2D eigenvalue weighted by atomic mass is 9.91. The van der Waals surface area contributed by atoms with Crippen molar-refractivity contribution < 1.29 is 27.8 Å². The van der Waals surface area contributed by atoms with E-state index in [1.165, 1.54) is 0 Å². The second-order valence-corrected chi connectivity index (χ2v) is 8.61. The van der Waals surface area contributed by atoms with E-state index in [-0.39, 0.29) is 6.04 Å². The number of carbonyl (C=O) groups is 1. The molecule has 0 aliphatic heterocycles. The molecule has 9 nitrogen and oxygen atoms in total. The molecule has 1 aliphatic carbocycles. The van der Waals surface area contributed by atoms with Gasteiger partial charge in [-0.25, -0.2) is 9.31 Å². The van der Waals surface area contributed by atoms with Gasteiger partial charge in [-0.15, -0.1) is 0 Å². The summed E-state index contributed by atoms with van der Waals surface area (Å²) < 4.78 is 39.1. The van der Waals surface area contributed by atoms with E-state index in [2.05, 4.69) is 21.8 Å². The third-order valence-corrected chi connectivity index (χ3v) is 5.99. The molecule has 2 aromatic heterocycles. The fourth-order valence-corrected chi connectivity index (χ4v) is 4.11. The van der Waals surface area contributed by atoms with Crippen LogP contribution in [0.2, 0.25) is 0 Å². The van der Waals surface area contributed by atoms with Crippen molar-refractivity contribution in [1.29, 1.82) is 5.26 Å². The number of ether oxygens (including phenoxy) is 1. The molecule has 0 spiro atoms. The van der Waals surface area contributed by atoms with Crippen molar-refractivity contribution >= 4 is 28.7 Å². The number of benzene rings is 1. The molecule has 1 aromatic carbocycles. The second-order valence-electron chi connectivity index (χ2n) is 8.61. The maximum atomic E-state index is 10.6. The number of aromatic nitrogens is 2. The number of rotatable bonds is 6. The first kappa shape index (κ1) is 27.6. The number of alkyl halides is 3. The van der Waals surface area contributed by atoms with Crippen molar-refractivity contribution in [3.63, 3.8) is 0 Å². The van der Waals surface area contributed by atoms with E-state index < -0.39 is 12.1 Å². The molecule has 1 saturated carbocycles. The highest BCUT2D eigenvalue weighted by Gasteiger charge is 2.38. The Labute approximate surface area is 212 Å². The lowest BCUT2D eigenvalue weighted by Gasteiger charge is -2.29. The number of nitrogens with zero attached hydrogens (tertiary/aromatic N) is 3. The van der Waals surface area contributed by atoms with Gasteiger partial charge in [0.2, 0.25) is 0 Å². The predicted octanol–water partition coefficient (Wildman–Crippen LogP) is 4.97. The molecule has 37 heavy (non-hydrogen) atoms. The van der Waals surface area contributed by atoms with Gasteiger partial charge in [-0.2, -0.15) is 23.5 Å². The van der Waals surface area contributed by atoms with Gasteiger partial charge in [0.25, 0.3) is 0 Å². The van der Waals surface area contributed by atoms with Gasteiger partial charge in [0.1, 0.15) is 23.2 Å². The number of aliphatic carboxylic acids is 1. The van der Waals surface area contributed by atoms with Crippen LogP contribution in [0.25, 0.3) is 5.52 Å². The molecule has 1 fully saturated rings. The van der Waals surface area contributed by atoms with E-state index in [0.717, 1.165) is 59.7 Å². The highest BCUT2D eigenvalue weighted by Crippen LogP contribution is 2.35. The molecule has 0 saturated heterocycles. The fraction of sp³-hybridized carbons (Fsp3) is 0.400. The van der Waals surface area contributed by atoms with Gasteiger partial charge in [0, 0.05) is 23.3 Å². The highest BCUT2D eigenvalue weighted by molar-refractivity contribution is 5.82. The Balaban J connectivity index is 0.000000479. The van der Waals surface area contributed by atoms with E-state index >= 15 is 0 Å². The number of carboxylic acid groups (broad SMARTS) is 1. The quantitative estimate of drug-likeness (QED) is 0.359. The Hall–Kier alpha value is -3.98. The van der Waals surface area contributed by atoms with Crippen LogP contribution in [0, 0.1) is 18.3 Å². The van der Waals surface area contributed by atoms with Gasteiger partial charge in [-0.05, 0) is 69.9 Å². The summed E-state index contributed by atoms with van der Waals surface area (Å²) in [6.45, 7) is 4.63. The summed E-state index contributed by atoms with van der Waals surface area (Å²) in [5.41, 5.74) is 10.2. The lowest BCUT2D eigenvalue weighted by molar-refractivity contribution is -0.192. The van der Waals surface area contributed by atoms with Crippen LogP contribution in [0.15, 0.2) is 36.5 Å². The van der Waals surface area contributed by atoms with Crippen LogP contribution in [0.1, 0.15) is 43.7 Å². The Bertz CT molecular complexity index is 1260. The third kappa shape index (κ3) is 6.83. The molecule has 3 aromatic rings. The standard InChI is InChI=1S/C23H28N6O.C2HF3O2/c1-3-30-19-10-8-18(9-11-19)28-23-15(2)22(27-17-6-4-16(25)5-7-17)20(14-24)21-12-13-26-29(21)23;3-2(4,5)1(6)7/h8-13,16-17,27-28H,3-7,25H2,1-2H3;(H,6,7)/t16-,17-;. The van der Waals surface area contributed by atoms with Crippen LogP contribution in [0.3, 0.4) is 0 Å². The zero-order valence-electron chi connectivity index (χ0n) is 20.5. The SMILES string of the molecule is CCOc1ccc(Nc2c(C)c(N[C@H]3CC[C@H](N)CC3)c(C#N)c3ccnn23)cc1.O=C(O)C(F)(F)F. The number of anilines is 3. The summed E-state index contributed by atoms with van der Waals surface area (Å²) in [6.07, 6.45) is 0.674. The smallest absolute Gasteiger partial charge is 0.490 e. The minimum atomic E-state index is -5.08. The molecule has 0 atom stereocenters. The monoisotopic (exact) mass is 518 g/mol. The first-order valence-electron chi connectivity index (χ1n) is 11.8. The van der Waals surface area contributed by atoms with Gasteiger partial charge in [-0.3, -0.25) is 0 Å². The maximum absolute atomic E-state index is 10.6. The van der Waals surface area contributed by atoms with Crippen LogP contribution in [0.5, 0.6) is 5.75 Å². The summed E-state index contributed by atoms with van der Waals surface area (Å²) in [4.78, 5) is 8.90. The van der Waals surface area contributed by atoms with Gasteiger partial charge >= 0.3 is 12.1 Å². The Morgan fingerprint density at radius 1 is 1.24 bits per heavy atom. The molecule has 5 N–H and O–H groups in total. The number of hydrogen-bond donors (Lipinski definition) is 4. The zero-order valence-corrected chi connectivity index (χ0v) is 20.5. The van der Waals surface area contributed by atoms with Crippen LogP contribution in [-0.2, 0) is 4.79 Å². The van der Waals surface area contributed by atoms with Crippen LogP contribution < -0.4 is 21.1 Å². The van der Waals surface area contributed by atoms with Gasteiger partial charge in [-0.1, -0.05) is 0 Å². The molecule has 2 heterocycles. The first-order valence-corrected chi connectivity index (χ1v) is 11.8. The minimum absolute atomic E-state index is 0.286. The van der Waals surface area contributed by atoms with E-state index in [1.54, 1.807) is 10.7 Å². The number of halogens is 3. The van der Waals surface area contributed by atoms with E-state index in [0.29, 0.717) is 18.2 Å². The summed E-state index contributed by atoms with van der Waals surface area (Å²) in [6, 6.07) is 12.7. The molecule has 1 aliphatic rings. The van der Waals surface area contributed by atoms with E-state index in [1.807, 2.05) is 44.2 Å². The fourth-order valence-electron chi connectivity index (χ4n) is 4.11. The number of pyridine rings is 1. The van der Waals surface area contributed by atoms with E-state index in [4.69, 9.17) is 20.4 Å². The Morgan fingerprint density at radius 2 is 1.86 bits per heavy atom. The van der Waals surface area contributed by atoms with Crippen LogP contribution in [-0.4, -0.2) is 45.6 Å². The summed E-state index contributed by atoms with van der Waals surface area (Å²) in [7, 11) is 0. The van der Waals surface area contributed by atoms with Gasteiger partial charge in [0.15, 0.2) is 0 Å². The highest BCUT2D eigenvalue weighted by atomic mass is 19.4. The summed E-state index contributed by atoms with van der Waals surface area (Å²) in [5, 5.41) is 28.6. The normalized spacial score (nSPS) is 17.3. The number of nitrogens with two attached hydrogens (primary N) is 1. The average Bonchev–Trinajstić information content (AvgIpc) is 3.34. The predicted molar refractivity (Wildman–Crippen MR) is 133 cm³/mol. The topological polar surface area (TPSA) is 138 Å². The summed E-state index contributed by atoms with van der Waals surface area (Å²) >= 11 is 0. The maximum Gasteiger partial charge on any atom is 0.490 e. The van der Waals surface area contributed by atoms with Crippen molar-refractivity contribution in [2.45, 2.75) is 57.8 Å². The second kappa shape index (κ2) is 11.8. The molecule has 0 unspecified atom stereocenters. The molecular weight excluding hydrogens is 489 g/mol. The number of nitrogens with one attached hydrogen (secondary N) is 2. The Morgan fingerprint density at radius 3 is 2.41 bits per heavy atom. The van der Waals surface area contributed by atoms with Crippen LogP contribution >= 0.6 is 0 Å². The van der Waals surface area contributed by atoms with Crippen molar-refractivity contribution in [2.75, 3.05) is 17.2 Å². The van der Waals surface area contributed by atoms with Gasteiger partial charge < -0.3 is 26.2 Å². The van der Waals surface area contributed by atoms with Gasteiger partial charge in [0.05, 0.1) is 24.0 Å². The zero-order chi connectivity index (χ0) is 27.2. The van der Waals surface area contributed by atoms with Crippen LogP contribution in [0.4, 0.5) is 30.4 Å². The largest absolute Gasteiger partial charge is 0.494 e. The van der Waals surface area contributed by atoms with Crippen molar-refractivity contribution in [3.8, 4) is 11.8 Å². The van der Waals surface area contributed by atoms with E-state index in [9.17, 15) is 18.4 Å². The lowest BCUT2D eigenvalue weighted by Crippen LogP contribution is -2.33. The Kier molecular flexibility index (Phi) is 8.83. The molecule has 4 rings (SSSR count). The average molecular weight is 519 g/mol. The first-order chi connectivity index (χ1) is 17.5. The van der Waals surface area contributed by atoms with Crippen molar-refractivity contribution in [2.24, 2.45) is 5.73 Å². The third-order valence-electron chi connectivity index (χ3n) is 5.99. The minimum Gasteiger partial charge on any atom is -0.494 e. The number of carboxylic acids is 1. The number of nitriles is 1. The molecular formula is C25H29F3N6O3. The molecule has 198 valence electrons. The summed E-state index contributed by atoms with van der Waals surface area (Å²) in [5.74, 6) is -1.08. The molecule has 12 heteroatoms. The number of hydrogen-bond acceptors (Lipinski definition) is 7. The molecule has 0 amide bonds. The van der Waals surface area contributed by atoms with Crippen molar-refractivity contribution in [3.05, 3.63) is 47.7 Å². The molecule has 0 radical (unpaired) electrons.